The Kier molecular flexibility index (Phi) is 6.04. The Hall–Kier alpha value is -2.37. The number of aryl methyl sites for hydroxylation is 1. The van der Waals surface area contributed by atoms with E-state index in [1.165, 1.54) is 5.56 Å². The highest BCUT2D eigenvalue weighted by atomic mass is 32.1. The van der Waals surface area contributed by atoms with Crippen molar-refractivity contribution in [3.05, 3.63) is 76.6 Å². The molecule has 0 aliphatic heterocycles. The van der Waals surface area contributed by atoms with Crippen molar-refractivity contribution in [1.82, 2.24) is 4.98 Å². The van der Waals surface area contributed by atoms with Crippen LogP contribution in [-0.4, -0.2) is 29.3 Å². The second kappa shape index (κ2) is 8.65. The molecule has 0 spiro atoms. The van der Waals surface area contributed by atoms with Gasteiger partial charge in [-0.05, 0) is 59.1 Å². The number of hydrogen-bond acceptors (Lipinski definition) is 5. The molecule has 25 heavy (non-hydrogen) atoms. The van der Waals surface area contributed by atoms with E-state index in [9.17, 15) is 5.11 Å². The smallest absolute Gasteiger partial charge is 0.128 e. The first-order valence-corrected chi connectivity index (χ1v) is 9.19. The quantitative estimate of drug-likeness (QED) is 0.666. The highest BCUT2D eigenvalue weighted by Gasteiger charge is 2.15. The first kappa shape index (κ1) is 17.5. The minimum absolute atomic E-state index is 0.246. The van der Waals surface area contributed by atoms with Crippen LogP contribution < -0.4 is 9.64 Å². The minimum Gasteiger partial charge on any atom is -0.491 e. The Bertz CT molecular complexity index is 762. The third kappa shape index (κ3) is 5.31. The summed E-state index contributed by atoms with van der Waals surface area (Å²) in [6.07, 6.45) is 1.16. The maximum atomic E-state index is 10.4. The second-order valence-electron chi connectivity index (χ2n) is 5.98. The van der Waals surface area contributed by atoms with E-state index in [4.69, 9.17) is 4.74 Å². The van der Waals surface area contributed by atoms with Gasteiger partial charge in [0.25, 0.3) is 0 Å². The van der Waals surface area contributed by atoms with Crippen LogP contribution in [0.3, 0.4) is 0 Å². The molecule has 0 saturated heterocycles. The van der Waals surface area contributed by atoms with Gasteiger partial charge in [0.1, 0.15) is 24.3 Å². The molecule has 0 saturated carbocycles. The van der Waals surface area contributed by atoms with Gasteiger partial charge in [-0.1, -0.05) is 18.2 Å². The van der Waals surface area contributed by atoms with E-state index >= 15 is 0 Å². The van der Waals surface area contributed by atoms with Gasteiger partial charge in [0.05, 0.1) is 0 Å². The fourth-order valence-corrected chi connectivity index (χ4v) is 3.25. The molecule has 1 aromatic carbocycles. The predicted molar refractivity (Wildman–Crippen MR) is 102 cm³/mol. The van der Waals surface area contributed by atoms with Crippen molar-refractivity contribution in [2.75, 3.05) is 18.1 Å². The third-order valence-electron chi connectivity index (χ3n) is 3.79. The molecule has 4 nitrogen and oxygen atoms in total. The molecule has 1 N–H and O–H groups in total. The Morgan fingerprint density at radius 2 is 2.12 bits per heavy atom. The number of aromatic nitrogens is 1. The van der Waals surface area contributed by atoms with Crippen LogP contribution in [0.2, 0.25) is 0 Å². The summed E-state index contributed by atoms with van der Waals surface area (Å²) < 4.78 is 5.73. The van der Waals surface area contributed by atoms with Crippen LogP contribution in [0.25, 0.3) is 0 Å². The van der Waals surface area contributed by atoms with Gasteiger partial charge in [0, 0.05) is 19.3 Å². The van der Waals surface area contributed by atoms with E-state index in [1.54, 1.807) is 17.5 Å². The number of anilines is 1. The number of aliphatic hydroxyl groups excluding tert-OH is 1. The normalized spacial score (nSPS) is 11.9. The van der Waals surface area contributed by atoms with Gasteiger partial charge in [0.15, 0.2) is 0 Å². The fraction of sp³-hybridized carbons (Fsp3) is 0.250. The van der Waals surface area contributed by atoms with Crippen molar-refractivity contribution in [3.8, 4) is 5.75 Å². The summed E-state index contributed by atoms with van der Waals surface area (Å²) in [7, 11) is 0. The summed E-state index contributed by atoms with van der Waals surface area (Å²) in [6.45, 7) is 3.43. The third-order valence-corrected chi connectivity index (χ3v) is 4.52. The van der Waals surface area contributed by atoms with E-state index in [0.717, 1.165) is 17.1 Å². The Morgan fingerprint density at radius 1 is 1.20 bits per heavy atom. The number of ether oxygens (including phenoxy) is 1. The average molecular weight is 354 g/mol. The molecule has 2 heterocycles. The number of benzene rings is 1. The van der Waals surface area contributed by atoms with Gasteiger partial charge < -0.3 is 14.7 Å². The summed E-state index contributed by atoms with van der Waals surface area (Å²) in [6, 6.07) is 15.7. The first-order valence-electron chi connectivity index (χ1n) is 8.25. The van der Waals surface area contributed by atoms with Gasteiger partial charge in [-0.2, -0.15) is 11.3 Å². The average Bonchev–Trinajstić information content (AvgIpc) is 3.13. The number of nitrogens with zero attached hydrogens (tertiary/aromatic N) is 2. The number of pyridine rings is 1. The summed E-state index contributed by atoms with van der Waals surface area (Å²) in [5.74, 6) is 1.63. The van der Waals surface area contributed by atoms with Crippen LogP contribution in [0.5, 0.6) is 5.75 Å². The van der Waals surface area contributed by atoms with Crippen LogP contribution in [0, 0.1) is 6.92 Å². The van der Waals surface area contributed by atoms with Gasteiger partial charge in [-0.3, -0.25) is 0 Å². The van der Waals surface area contributed by atoms with Crippen LogP contribution in [0.1, 0.15) is 11.1 Å². The van der Waals surface area contributed by atoms with E-state index in [1.807, 2.05) is 49.4 Å². The van der Waals surface area contributed by atoms with Crippen molar-refractivity contribution in [3.63, 3.8) is 0 Å². The lowest BCUT2D eigenvalue weighted by Gasteiger charge is -2.26. The largest absolute Gasteiger partial charge is 0.491 e. The zero-order valence-electron chi connectivity index (χ0n) is 14.2. The monoisotopic (exact) mass is 354 g/mol. The maximum absolute atomic E-state index is 10.4. The summed E-state index contributed by atoms with van der Waals surface area (Å²) >= 11 is 1.67. The Balaban J connectivity index is 1.62. The second-order valence-corrected chi connectivity index (χ2v) is 6.76. The highest BCUT2D eigenvalue weighted by Crippen LogP contribution is 2.17. The zero-order chi connectivity index (χ0) is 17.5. The lowest BCUT2D eigenvalue weighted by Crippen LogP contribution is -2.35. The van der Waals surface area contributed by atoms with Crippen molar-refractivity contribution < 1.29 is 9.84 Å². The summed E-state index contributed by atoms with van der Waals surface area (Å²) in [5.41, 5.74) is 2.35. The lowest BCUT2D eigenvalue weighted by atomic mass is 10.2. The Morgan fingerprint density at radius 3 is 2.84 bits per heavy atom. The van der Waals surface area contributed by atoms with Gasteiger partial charge in [0.2, 0.25) is 0 Å². The first-order chi connectivity index (χ1) is 12.2. The van der Waals surface area contributed by atoms with Gasteiger partial charge in [-0.25, -0.2) is 4.98 Å². The number of rotatable bonds is 8. The summed E-state index contributed by atoms with van der Waals surface area (Å²) in [4.78, 5) is 6.50. The van der Waals surface area contributed by atoms with Gasteiger partial charge >= 0.3 is 0 Å². The van der Waals surface area contributed by atoms with E-state index in [-0.39, 0.29) is 6.61 Å². The number of thiophene rings is 1. The minimum atomic E-state index is -0.610. The number of aliphatic hydroxyl groups is 1. The molecule has 1 atom stereocenters. The van der Waals surface area contributed by atoms with E-state index in [0.29, 0.717) is 13.1 Å². The molecule has 3 aromatic rings. The molecule has 3 rings (SSSR count). The SMILES string of the molecule is Cc1cccc(OC[C@@H](O)CN(Cc2ccsc2)c2ccccn2)c1. The standard InChI is InChI=1S/C20H22N2O2S/c1-16-5-4-6-19(11-16)24-14-18(23)13-22(12-17-8-10-25-15-17)20-7-2-3-9-21-20/h2-11,15,18,23H,12-14H2,1H3/t18-/m0/s1. The molecule has 0 unspecified atom stereocenters. The van der Waals surface area contributed by atoms with Crippen LogP contribution in [-0.2, 0) is 6.54 Å². The molecular formula is C20H22N2O2S. The summed E-state index contributed by atoms with van der Waals surface area (Å²) in [5, 5.41) is 14.6. The molecule has 0 aliphatic rings. The van der Waals surface area contributed by atoms with Crippen molar-refractivity contribution in [2.45, 2.75) is 19.6 Å². The van der Waals surface area contributed by atoms with Crippen LogP contribution in [0.15, 0.2) is 65.5 Å². The fourth-order valence-electron chi connectivity index (χ4n) is 2.59. The molecule has 130 valence electrons. The highest BCUT2D eigenvalue weighted by molar-refractivity contribution is 7.07. The molecule has 0 radical (unpaired) electrons. The molecule has 0 fully saturated rings. The van der Waals surface area contributed by atoms with E-state index in [2.05, 4.69) is 26.7 Å². The van der Waals surface area contributed by atoms with Gasteiger partial charge in [-0.15, -0.1) is 0 Å². The predicted octanol–water partition coefficient (Wildman–Crippen LogP) is 3.90. The Labute approximate surface area is 152 Å². The lowest BCUT2D eigenvalue weighted by molar-refractivity contribution is 0.111. The van der Waals surface area contributed by atoms with Crippen molar-refractivity contribution in [2.24, 2.45) is 0 Å². The molecule has 5 heteroatoms. The molecular weight excluding hydrogens is 332 g/mol. The number of hydrogen-bond donors (Lipinski definition) is 1. The van der Waals surface area contributed by atoms with Crippen LogP contribution in [0.4, 0.5) is 5.82 Å². The van der Waals surface area contributed by atoms with Crippen molar-refractivity contribution in [1.29, 1.82) is 0 Å². The zero-order valence-corrected chi connectivity index (χ0v) is 15.0. The maximum Gasteiger partial charge on any atom is 0.128 e. The topological polar surface area (TPSA) is 45.6 Å². The molecule has 2 aromatic heterocycles. The van der Waals surface area contributed by atoms with Crippen LogP contribution >= 0.6 is 11.3 Å². The van der Waals surface area contributed by atoms with E-state index < -0.39 is 6.10 Å². The molecule has 0 aliphatic carbocycles. The molecule has 0 bridgehead atoms. The molecule has 0 amide bonds. The van der Waals surface area contributed by atoms with Crippen molar-refractivity contribution >= 4 is 17.2 Å².